The molecule has 0 spiro atoms. The molecule has 1 aliphatic rings. The fraction of sp³-hybridized carbons (Fsp3) is 0.211. The van der Waals surface area contributed by atoms with Crippen LogP contribution in [-0.4, -0.2) is 25.6 Å². The fourth-order valence-electron chi connectivity index (χ4n) is 2.59. The second-order valence-electron chi connectivity index (χ2n) is 5.81. The van der Waals surface area contributed by atoms with E-state index in [2.05, 4.69) is 26.6 Å². The number of hydrogen-bond acceptors (Lipinski definition) is 5. The average molecular weight is 470 g/mol. The van der Waals surface area contributed by atoms with Crippen LogP contribution in [0.3, 0.4) is 0 Å². The van der Waals surface area contributed by atoms with E-state index >= 15 is 0 Å². The molecule has 142 valence electrons. The molecule has 1 unspecified atom stereocenters. The number of hydrogen-bond donors (Lipinski definition) is 2. The van der Waals surface area contributed by atoms with Crippen molar-refractivity contribution in [1.82, 2.24) is 5.32 Å². The lowest BCUT2D eigenvalue weighted by Gasteiger charge is -2.15. The van der Waals surface area contributed by atoms with Gasteiger partial charge in [-0.3, -0.25) is 4.79 Å². The molecule has 0 aliphatic carbocycles. The second-order valence-corrected chi connectivity index (χ2v) is 8.25. The quantitative estimate of drug-likeness (QED) is 0.602. The Hall–Kier alpha value is -1.83. The summed E-state index contributed by atoms with van der Waals surface area (Å²) >= 11 is 10.9. The monoisotopic (exact) mass is 468 g/mol. The molecule has 1 saturated heterocycles. The summed E-state index contributed by atoms with van der Waals surface area (Å²) in [4.78, 5) is 13.0. The van der Waals surface area contributed by atoms with Crippen molar-refractivity contribution < 1.29 is 14.3 Å². The summed E-state index contributed by atoms with van der Waals surface area (Å²) in [6, 6.07) is 9.25. The Bertz CT molecular complexity index is 920. The Morgan fingerprint density at radius 2 is 1.96 bits per heavy atom. The Kier molecular flexibility index (Phi) is 6.24. The van der Waals surface area contributed by atoms with Gasteiger partial charge in [-0.25, -0.2) is 0 Å². The first kappa shape index (κ1) is 19.9. The van der Waals surface area contributed by atoms with Crippen molar-refractivity contribution in [3.63, 3.8) is 0 Å². The summed E-state index contributed by atoms with van der Waals surface area (Å²) in [6.07, 6.45) is 1.80. The van der Waals surface area contributed by atoms with Gasteiger partial charge in [0.25, 0.3) is 5.91 Å². The first-order valence-electron chi connectivity index (χ1n) is 8.04. The maximum absolute atomic E-state index is 12.4. The van der Waals surface area contributed by atoms with Gasteiger partial charge in [-0.15, -0.1) is 0 Å². The lowest BCUT2D eigenvalue weighted by molar-refractivity contribution is -0.116. The molecular formula is C19H18BrClN2O3S. The van der Waals surface area contributed by atoms with Crippen LogP contribution in [0, 0.1) is 6.92 Å². The van der Waals surface area contributed by atoms with E-state index in [1.165, 1.54) is 11.8 Å². The van der Waals surface area contributed by atoms with Crippen LogP contribution < -0.4 is 20.1 Å². The van der Waals surface area contributed by atoms with E-state index in [-0.39, 0.29) is 11.4 Å². The van der Waals surface area contributed by atoms with Crippen molar-refractivity contribution >= 4 is 57.0 Å². The number of anilines is 1. The Morgan fingerprint density at radius 3 is 2.67 bits per heavy atom. The van der Waals surface area contributed by atoms with E-state index in [0.29, 0.717) is 21.4 Å². The first-order chi connectivity index (χ1) is 12.9. The van der Waals surface area contributed by atoms with Crippen LogP contribution in [0.5, 0.6) is 11.5 Å². The molecule has 2 aromatic rings. The first-order valence-corrected chi connectivity index (χ1v) is 10.1. The van der Waals surface area contributed by atoms with Crippen molar-refractivity contribution in [2.45, 2.75) is 12.4 Å². The minimum absolute atomic E-state index is 0.147. The molecular weight excluding hydrogens is 452 g/mol. The molecule has 2 aromatic carbocycles. The zero-order chi connectivity index (χ0) is 19.6. The molecule has 1 heterocycles. The molecule has 1 amide bonds. The van der Waals surface area contributed by atoms with E-state index in [9.17, 15) is 4.79 Å². The molecule has 1 fully saturated rings. The molecule has 5 nitrogen and oxygen atoms in total. The summed E-state index contributed by atoms with van der Waals surface area (Å²) in [5.74, 6) is 1.14. The van der Waals surface area contributed by atoms with Gasteiger partial charge in [0, 0.05) is 22.3 Å². The lowest BCUT2D eigenvalue weighted by Crippen LogP contribution is -2.31. The highest BCUT2D eigenvalue weighted by atomic mass is 79.9. The predicted molar refractivity (Wildman–Crippen MR) is 115 cm³/mol. The van der Waals surface area contributed by atoms with E-state index in [0.717, 1.165) is 21.3 Å². The summed E-state index contributed by atoms with van der Waals surface area (Å²) in [6.45, 7) is 1.98. The van der Waals surface area contributed by atoms with Gasteiger partial charge in [0.05, 0.1) is 23.6 Å². The van der Waals surface area contributed by atoms with Crippen LogP contribution in [-0.2, 0) is 4.79 Å². The largest absolute Gasteiger partial charge is 0.496 e. The number of methoxy groups -OCH3 is 2. The summed E-state index contributed by atoms with van der Waals surface area (Å²) in [5.41, 5.74) is 2.43. The van der Waals surface area contributed by atoms with Crippen LogP contribution in [0.15, 0.2) is 39.7 Å². The van der Waals surface area contributed by atoms with Crippen LogP contribution in [0.25, 0.3) is 6.08 Å². The number of benzene rings is 2. The maximum Gasteiger partial charge on any atom is 0.260 e. The summed E-state index contributed by atoms with van der Waals surface area (Å²) < 4.78 is 11.5. The molecule has 0 saturated carbocycles. The molecule has 0 aromatic heterocycles. The topological polar surface area (TPSA) is 59.6 Å². The average Bonchev–Trinajstić information content (AvgIpc) is 2.97. The SMILES string of the molecule is COc1cc(OC)c(/C=C2\SC(Nc3cc(Cl)ccc3C)NC2=O)cc1Br. The number of aryl methyl sites for hydroxylation is 1. The van der Waals surface area contributed by atoms with Crippen molar-refractivity contribution in [2.24, 2.45) is 0 Å². The molecule has 0 radical (unpaired) electrons. The van der Waals surface area contributed by atoms with E-state index in [1.54, 1.807) is 26.4 Å². The van der Waals surface area contributed by atoms with Crippen LogP contribution in [0.1, 0.15) is 11.1 Å². The highest BCUT2D eigenvalue weighted by Crippen LogP contribution is 2.37. The Labute approximate surface area is 175 Å². The standard InChI is InChI=1S/C19H18BrClN2O3S/c1-10-4-5-12(21)8-14(10)22-19-23-18(24)17(27-19)7-11-6-13(20)16(26-3)9-15(11)25-2/h4-9,19,22H,1-3H3,(H,23,24)/b17-7-. The highest BCUT2D eigenvalue weighted by Gasteiger charge is 2.28. The number of thioether (sulfide) groups is 1. The highest BCUT2D eigenvalue weighted by molar-refractivity contribution is 9.10. The van der Waals surface area contributed by atoms with Gasteiger partial charge in [-0.1, -0.05) is 29.4 Å². The fourth-order valence-corrected chi connectivity index (χ4v) is 4.26. The number of carbonyl (C=O) groups is 1. The molecule has 1 atom stereocenters. The molecule has 27 heavy (non-hydrogen) atoms. The zero-order valence-electron chi connectivity index (χ0n) is 14.9. The molecule has 1 aliphatic heterocycles. The third-order valence-electron chi connectivity index (χ3n) is 4.01. The van der Waals surface area contributed by atoms with Gasteiger partial charge in [0.1, 0.15) is 11.5 Å². The van der Waals surface area contributed by atoms with Gasteiger partial charge >= 0.3 is 0 Å². The van der Waals surface area contributed by atoms with Crippen LogP contribution in [0.2, 0.25) is 5.02 Å². The van der Waals surface area contributed by atoms with Gasteiger partial charge in [0.2, 0.25) is 0 Å². The zero-order valence-corrected chi connectivity index (χ0v) is 18.1. The van der Waals surface area contributed by atoms with Gasteiger partial charge in [-0.2, -0.15) is 0 Å². The van der Waals surface area contributed by atoms with Crippen molar-refractivity contribution in [3.8, 4) is 11.5 Å². The maximum atomic E-state index is 12.4. The van der Waals surface area contributed by atoms with Gasteiger partial charge in [0.15, 0.2) is 5.50 Å². The molecule has 0 bridgehead atoms. The van der Waals surface area contributed by atoms with Crippen LogP contribution in [0.4, 0.5) is 5.69 Å². The molecule has 8 heteroatoms. The molecule has 2 N–H and O–H groups in total. The van der Waals surface area contributed by atoms with E-state index < -0.39 is 0 Å². The third kappa shape index (κ3) is 4.54. The number of nitrogens with one attached hydrogen (secondary N) is 2. The number of amides is 1. The summed E-state index contributed by atoms with van der Waals surface area (Å²) in [5, 5.41) is 6.86. The summed E-state index contributed by atoms with van der Waals surface area (Å²) in [7, 11) is 3.17. The second kappa shape index (κ2) is 8.46. The number of rotatable bonds is 5. The van der Waals surface area contributed by atoms with E-state index in [1.807, 2.05) is 31.2 Å². The molecule has 3 rings (SSSR count). The number of halogens is 2. The normalized spacial score (nSPS) is 17.7. The van der Waals surface area contributed by atoms with Crippen molar-refractivity contribution in [1.29, 1.82) is 0 Å². The van der Waals surface area contributed by atoms with Gasteiger partial charge < -0.3 is 20.1 Å². The van der Waals surface area contributed by atoms with Crippen molar-refractivity contribution in [2.75, 3.05) is 19.5 Å². The number of carbonyl (C=O) groups excluding carboxylic acids is 1. The lowest BCUT2D eigenvalue weighted by atomic mass is 10.1. The Morgan fingerprint density at radius 1 is 1.22 bits per heavy atom. The van der Waals surface area contributed by atoms with E-state index in [4.69, 9.17) is 21.1 Å². The third-order valence-corrected chi connectivity index (χ3v) is 5.89. The minimum Gasteiger partial charge on any atom is -0.496 e. The smallest absolute Gasteiger partial charge is 0.260 e. The predicted octanol–water partition coefficient (Wildman–Crippen LogP) is 5.03. The van der Waals surface area contributed by atoms with Crippen LogP contribution >= 0.6 is 39.3 Å². The number of ether oxygens (including phenoxy) is 2. The minimum atomic E-state index is -0.284. The van der Waals surface area contributed by atoms with Gasteiger partial charge in [-0.05, 0) is 52.7 Å². The Balaban J connectivity index is 1.83. The van der Waals surface area contributed by atoms with Crippen molar-refractivity contribution in [3.05, 3.63) is 55.9 Å².